The van der Waals surface area contributed by atoms with E-state index in [1.165, 1.54) is 12.1 Å². The van der Waals surface area contributed by atoms with Gasteiger partial charge in [0.2, 0.25) is 0 Å². The zero-order valence-electron chi connectivity index (χ0n) is 8.91. The van der Waals surface area contributed by atoms with Crippen LogP contribution in [-0.2, 0) is 0 Å². The van der Waals surface area contributed by atoms with Crippen LogP contribution in [0.5, 0.6) is 11.5 Å². The van der Waals surface area contributed by atoms with Crippen molar-refractivity contribution in [3.8, 4) is 11.5 Å². The number of nitrogens with two attached hydrogens (primary N) is 1. The summed E-state index contributed by atoms with van der Waals surface area (Å²) in [6, 6.07) is 11.4. The van der Waals surface area contributed by atoms with Gasteiger partial charge >= 0.3 is 0 Å². The summed E-state index contributed by atoms with van der Waals surface area (Å²) in [6.07, 6.45) is 0. The van der Waals surface area contributed by atoms with Gasteiger partial charge in [-0.05, 0) is 42.8 Å². The predicted octanol–water partition coefficient (Wildman–Crippen LogP) is 3.51. The molecule has 2 aromatic rings. The molecule has 0 aliphatic heterocycles. The van der Waals surface area contributed by atoms with Crippen molar-refractivity contribution in [2.24, 2.45) is 0 Å². The maximum absolute atomic E-state index is 13.0. The van der Waals surface area contributed by atoms with Gasteiger partial charge in [0.05, 0.1) is 0 Å². The Labute approximate surface area is 93.5 Å². The monoisotopic (exact) mass is 217 g/mol. The van der Waals surface area contributed by atoms with E-state index in [-0.39, 0.29) is 5.82 Å². The number of halogens is 1. The van der Waals surface area contributed by atoms with Gasteiger partial charge in [0, 0.05) is 11.8 Å². The van der Waals surface area contributed by atoms with E-state index in [0.29, 0.717) is 17.2 Å². The van der Waals surface area contributed by atoms with Crippen molar-refractivity contribution in [3.63, 3.8) is 0 Å². The lowest BCUT2D eigenvalue weighted by Gasteiger charge is -2.08. The molecule has 2 nitrogen and oxygen atoms in total. The Bertz CT molecular complexity index is 494. The van der Waals surface area contributed by atoms with E-state index in [0.717, 1.165) is 5.56 Å². The number of ether oxygens (including phenoxy) is 1. The maximum atomic E-state index is 13.0. The third-order valence-corrected chi connectivity index (χ3v) is 2.26. The number of hydrogen-bond donors (Lipinski definition) is 1. The van der Waals surface area contributed by atoms with Crippen molar-refractivity contribution in [2.45, 2.75) is 6.92 Å². The highest BCUT2D eigenvalue weighted by Crippen LogP contribution is 2.26. The quantitative estimate of drug-likeness (QED) is 0.781. The Morgan fingerprint density at radius 1 is 1.06 bits per heavy atom. The molecule has 0 heterocycles. The summed E-state index contributed by atoms with van der Waals surface area (Å²) in [4.78, 5) is 0. The normalized spacial score (nSPS) is 10.1. The molecule has 0 spiro atoms. The molecule has 82 valence electrons. The molecule has 16 heavy (non-hydrogen) atoms. The second-order valence-electron chi connectivity index (χ2n) is 3.58. The molecule has 0 amide bonds. The first-order valence-corrected chi connectivity index (χ1v) is 4.95. The smallest absolute Gasteiger partial charge is 0.133 e. The minimum absolute atomic E-state index is 0.309. The van der Waals surface area contributed by atoms with E-state index in [9.17, 15) is 4.39 Å². The molecule has 0 aliphatic carbocycles. The summed E-state index contributed by atoms with van der Waals surface area (Å²) in [5, 5.41) is 0. The third-order valence-electron chi connectivity index (χ3n) is 2.26. The molecule has 0 atom stereocenters. The number of aryl methyl sites for hydroxylation is 1. The van der Waals surface area contributed by atoms with E-state index in [1.807, 2.05) is 6.92 Å². The zero-order valence-corrected chi connectivity index (χ0v) is 8.91. The van der Waals surface area contributed by atoms with Crippen LogP contribution in [0, 0.1) is 12.7 Å². The molecule has 0 aromatic heterocycles. The molecule has 2 N–H and O–H groups in total. The molecular weight excluding hydrogens is 205 g/mol. The van der Waals surface area contributed by atoms with Crippen molar-refractivity contribution in [1.82, 2.24) is 0 Å². The van der Waals surface area contributed by atoms with Crippen molar-refractivity contribution in [3.05, 3.63) is 53.8 Å². The summed E-state index contributed by atoms with van der Waals surface area (Å²) in [5.41, 5.74) is 7.12. The van der Waals surface area contributed by atoms with Gasteiger partial charge in [0.15, 0.2) is 0 Å². The van der Waals surface area contributed by atoms with Crippen LogP contribution in [0.2, 0.25) is 0 Å². The first-order chi connectivity index (χ1) is 7.65. The van der Waals surface area contributed by atoms with Gasteiger partial charge in [-0.1, -0.05) is 6.07 Å². The lowest BCUT2D eigenvalue weighted by molar-refractivity contribution is 0.473. The van der Waals surface area contributed by atoms with Gasteiger partial charge in [-0.2, -0.15) is 0 Å². The second kappa shape index (κ2) is 4.23. The molecule has 0 unspecified atom stereocenters. The standard InChI is InChI=1S/C13H12FNO/c1-9-2-3-10(14)8-13(9)16-12-6-4-11(15)5-7-12/h2-8H,15H2,1H3. The average Bonchev–Trinajstić information content (AvgIpc) is 2.27. The molecule has 0 aliphatic rings. The average molecular weight is 217 g/mol. The molecule has 0 bridgehead atoms. The number of anilines is 1. The summed E-state index contributed by atoms with van der Waals surface area (Å²) in [6.45, 7) is 1.87. The SMILES string of the molecule is Cc1ccc(F)cc1Oc1ccc(N)cc1. The minimum atomic E-state index is -0.309. The molecule has 2 aromatic carbocycles. The Balaban J connectivity index is 2.26. The topological polar surface area (TPSA) is 35.2 Å². The summed E-state index contributed by atoms with van der Waals surface area (Å²) in [7, 11) is 0. The predicted molar refractivity (Wildman–Crippen MR) is 62.1 cm³/mol. The Morgan fingerprint density at radius 2 is 1.75 bits per heavy atom. The van der Waals surface area contributed by atoms with Crippen LogP contribution in [-0.4, -0.2) is 0 Å². The molecule has 0 radical (unpaired) electrons. The van der Waals surface area contributed by atoms with Crippen molar-refractivity contribution in [2.75, 3.05) is 5.73 Å². The van der Waals surface area contributed by atoms with E-state index in [2.05, 4.69) is 0 Å². The van der Waals surface area contributed by atoms with Crippen LogP contribution in [0.4, 0.5) is 10.1 Å². The minimum Gasteiger partial charge on any atom is -0.457 e. The lowest BCUT2D eigenvalue weighted by atomic mass is 10.2. The first kappa shape index (κ1) is 10.5. The fraction of sp³-hybridized carbons (Fsp3) is 0.0769. The highest BCUT2D eigenvalue weighted by Gasteiger charge is 2.02. The number of nitrogen functional groups attached to an aromatic ring is 1. The van der Waals surface area contributed by atoms with Crippen molar-refractivity contribution < 1.29 is 9.13 Å². The Morgan fingerprint density at radius 3 is 2.44 bits per heavy atom. The number of rotatable bonds is 2. The summed E-state index contributed by atoms with van der Waals surface area (Å²) < 4.78 is 18.6. The van der Waals surface area contributed by atoms with Gasteiger partial charge in [-0.3, -0.25) is 0 Å². The molecule has 3 heteroatoms. The fourth-order valence-corrected chi connectivity index (χ4v) is 1.35. The fourth-order valence-electron chi connectivity index (χ4n) is 1.35. The van der Waals surface area contributed by atoms with Gasteiger partial charge in [-0.15, -0.1) is 0 Å². The first-order valence-electron chi connectivity index (χ1n) is 4.95. The van der Waals surface area contributed by atoms with Crippen LogP contribution in [0.25, 0.3) is 0 Å². The maximum Gasteiger partial charge on any atom is 0.133 e. The molecule has 0 saturated carbocycles. The van der Waals surface area contributed by atoms with E-state index in [1.54, 1.807) is 30.3 Å². The van der Waals surface area contributed by atoms with Crippen LogP contribution < -0.4 is 10.5 Å². The van der Waals surface area contributed by atoms with Gasteiger partial charge in [0.25, 0.3) is 0 Å². The van der Waals surface area contributed by atoms with Gasteiger partial charge in [-0.25, -0.2) is 4.39 Å². The highest BCUT2D eigenvalue weighted by molar-refractivity contribution is 5.44. The van der Waals surface area contributed by atoms with Gasteiger partial charge < -0.3 is 10.5 Å². The zero-order chi connectivity index (χ0) is 11.5. The van der Waals surface area contributed by atoms with Crippen LogP contribution >= 0.6 is 0 Å². The van der Waals surface area contributed by atoms with Gasteiger partial charge in [0.1, 0.15) is 17.3 Å². The van der Waals surface area contributed by atoms with Crippen LogP contribution in [0.3, 0.4) is 0 Å². The second-order valence-corrected chi connectivity index (χ2v) is 3.58. The third kappa shape index (κ3) is 2.31. The molecule has 0 fully saturated rings. The van der Waals surface area contributed by atoms with E-state index >= 15 is 0 Å². The summed E-state index contributed by atoms with van der Waals surface area (Å²) in [5.74, 6) is 0.851. The molecule has 0 saturated heterocycles. The molecule has 2 rings (SSSR count). The largest absolute Gasteiger partial charge is 0.457 e. The van der Waals surface area contributed by atoms with Crippen LogP contribution in [0.15, 0.2) is 42.5 Å². The van der Waals surface area contributed by atoms with Crippen molar-refractivity contribution in [1.29, 1.82) is 0 Å². The highest BCUT2D eigenvalue weighted by atomic mass is 19.1. The lowest BCUT2D eigenvalue weighted by Crippen LogP contribution is -1.89. The van der Waals surface area contributed by atoms with E-state index < -0.39 is 0 Å². The Kier molecular flexibility index (Phi) is 2.77. The van der Waals surface area contributed by atoms with Crippen molar-refractivity contribution >= 4 is 5.69 Å². The Hall–Kier alpha value is -2.03. The number of benzene rings is 2. The number of hydrogen-bond acceptors (Lipinski definition) is 2. The summed E-state index contributed by atoms with van der Waals surface area (Å²) >= 11 is 0. The molecular formula is C13H12FNO. The van der Waals surface area contributed by atoms with E-state index in [4.69, 9.17) is 10.5 Å². The van der Waals surface area contributed by atoms with Crippen LogP contribution in [0.1, 0.15) is 5.56 Å².